The zero-order valence-corrected chi connectivity index (χ0v) is 18.4. The Kier molecular flexibility index (Phi) is 36.8. The number of hydrogen-bond donors (Lipinski definition) is 10. The maximum absolute atomic E-state index is 10.3. The molecule has 0 radical (unpaired) electrons. The molecular formula is C16H32N2O15. The fraction of sp³-hybridized carbons (Fsp3) is 0.562. The van der Waals surface area contributed by atoms with E-state index in [4.69, 9.17) is 71.5 Å². The average Bonchev–Trinajstić information content (AvgIpc) is 2.51. The molecule has 0 heterocycles. The van der Waals surface area contributed by atoms with Crippen molar-refractivity contribution in [2.24, 2.45) is 11.5 Å². The van der Waals surface area contributed by atoms with Crippen LogP contribution in [-0.4, -0.2) is 101 Å². The second kappa shape index (κ2) is 28.2. The van der Waals surface area contributed by atoms with Crippen LogP contribution in [0.1, 0.15) is 40.5 Å². The summed E-state index contributed by atoms with van der Waals surface area (Å²) in [5.74, 6) is -8.35. The van der Waals surface area contributed by atoms with Crippen molar-refractivity contribution < 1.29 is 74.4 Å². The van der Waals surface area contributed by atoms with Crippen molar-refractivity contribution in [3.05, 3.63) is 0 Å². The minimum absolute atomic E-state index is 0.597. The van der Waals surface area contributed by atoms with Gasteiger partial charge in [0.25, 0.3) is 23.9 Å². The zero-order chi connectivity index (χ0) is 28.4. The van der Waals surface area contributed by atoms with Crippen LogP contribution in [0.4, 0.5) is 0 Å². The van der Waals surface area contributed by atoms with E-state index in [2.05, 4.69) is 0 Å². The largest absolute Gasteiger partial charge is 0.481 e. The van der Waals surface area contributed by atoms with Crippen molar-refractivity contribution in [3.8, 4) is 0 Å². The predicted molar refractivity (Wildman–Crippen MR) is 108 cm³/mol. The summed E-state index contributed by atoms with van der Waals surface area (Å²) < 4.78 is 0. The van der Waals surface area contributed by atoms with Gasteiger partial charge in [0.15, 0.2) is 5.60 Å². The van der Waals surface area contributed by atoms with Crippen molar-refractivity contribution in [2.75, 3.05) is 13.1 Å². The van der Waals surface area contributed by atoms with E-state index < -0.39 is 60.2 Å². The van der Waals surface area contributed by atoms with E-state index in [1.807, 2.05) is 0 Å². The molecule has 17 heteroatoms. The monoisotopic (exact) mass is 492 g/mol. The Morgan fingerprint density at radius 1 is 0.545 bits per heavy atom. The molecule has 0 rings (SSSR count). The van der Waals surface area contributed by atoms with E-state index >= 15 is 0 Å². The van der Waals surface area contributed by atoms with E-state index in [9.17, 15) is 14.4 Å². The highest BCUT2D eigenvalue weighted by Crippen LogP contribution is 2.15. The Bertz CT molecular complexity index is 523. The topological polar surface area (TPSA) is 333 Å². The molecular weight excluding hydrogens is 460 g/mol. The molecule has 0 saturated carbocycles. The number of carboxylic acids is 7. The molecule has 0 aliphatic carbocycles. The molecule has 0 aromatic carbocycles. The molecule has 0 aliphatic heterocycles. The zero-order valence-electron chi connectivity index (χ0n) is 18.4. The Hall–Kier alpha value is -3.83. The van der Waals surface area contributed by atoms with Gasteiger partial charge < -0.3 is 52.3 Å². The van der Waals surface area contributed by atoms with Crippen LogP contribution in [0.3, 0.4) is 0 Å². The fourth-order valence-corrected chi connectivity index (χ4v) is 0.714. The number of rotatable bonds is 6. The van der Waals surface area contributed by atoms with E-state index in [0.717, 1.165) is 27.7 Å². The number of nitrogens with two attached hydrogens (primary N) is 2. The third-order valence-electron chi connectivity index (χ3n) is 1.45. The predicted octanol–water partition coefficient (Wildman–Crippen LogP) is -1.98. The van der Waals surface area contributed by atoms with Gasteiger partial charge in [-0.25, -0.2) is 4.79 Å². The third kappa shape index (κ3) is 111. The molecule has 0 aromatic heterocycles. The molecule has 0 unspecified atom stereocenters. The number of carboxylic acid groups (broad SMARTS) is 7. The van der Waals surface area contributed by atoms with E-state index in [-0.39, 0.29) is 0 Å². The Labute approximate surface area is 187 Å². The minimum atomic E-state index is -2.74. The molecule has 0 spiro atoms. The van der Waals surface area contributed by atoms with Crippen molar-refractivity contribution in [2.45, 2.75) is 46.1 Å². The standard InChI is InChI=1S/C6H8O7.C2H8N2.4C2H4O2/c7-3(8)1-6(13,5(11)12)2-4(9)10;3-1-2-4;4*1-2(3)4/h13H,1-2H2,(H,7,8)(H,9,10)(H,11,12);1-4H2;4*1H3,(H,3,4). The SMILES string of the molecule is CC(=O)O.CC(=O)O.CC(=O)O.CC(=O)O.NCCN.O=C(O)CC(O)(CC(=O)O)C(=O)O. The van der Waals surface area contributed by atoms with Crippen LogP contribution in [-0.2, 0) is 33.6 Å². The normalized spacial score (nSPS) is 8.21. The summed E-state index contributed by atoms with van der Waals surface area (Å²) in [6.45, 7) is 5.53. The van der Waals surface area contributed by atoms with Gasteiger partial charge in [-0.05, 0) is 0 Å². The van der Waals surface area contributed by atoms with Gasteiger partial charge in [-0.1, -0.05) is 0 Å². The van der Waals surface area contributed by atoms with E-state index in [1.54, 1.807) is 0 Å². The van der Waals surface area contributed by atoms with E-state index in [1.165, 1.54) is 0 Å². The van der Waals surface area contributed by atoms with Gasteiger partial charge in [0, 0.05) is 40.8 Å². The first-order chi connectivity index (χ1) is 14.6. The fourth-order valence-electron chi connectivity index (χ4n) is 0.714. The van der Waals surface area contributed by atoms with Crippen LogP contribution >= 0.6 is 0 Å². The van der Waals surface area contributed by atoms with Gasteiger partial charge >= 0.3 is 17.9 Å². The molecule has 0 aromatic rings. The molecule has 0 fully saturated rings. The van der Waals surface area contributed by atoms with Gasteiger partial charge in [-0.2, -0.15) is 0 Å². The first kappa shape index (κ1) is 43.1. The second-order valence-electron chi connectivity index (χ2n) is 5.13. The quantitative estimate of drug-likeness (QED) is 0.192. The summed E-state index contributed by atoms with van der Waals surface area (Å²) in [7, 11) is 0. The van der Waals surface area contributed by atoms with Crippen LogP contribution in [0.15, 0.2) is 0 Å². The van der Waals surface area contributed by atoms with Crippen molar-refractivity contribution in [1.82, 2.24) is 0 Å². The summed E-state index contributed by atoms with van der Waals surface area (Å²) >= 11 is 0. The van der Waals surface area contributed by atoms with Gasteiger partial charge in [0.1, 0.15) is 0 Å². The Morgan fingerprint density at radius 3 is 0.758 bits per heavy atom. The van der Waals surface area contributed by atoms with Crippen molar-refractivity contribution in [3.63, 3.8) is 0 Å². The molecule has 0 aliphatic rings. The summed E-state index contributed by atoms with van der Waals surface area (Å²) in [6, 6.07) is 0. The van der Waals surface area contributed by atoms with Crippen molar-refractivity contribution in [1.29, 1.82) is 0 Å². The molecule has 0 bridgehead atoms. The highest BCUT2D eigenvalue weighted by molar-refractivity contribution is 5.88. The van der Waals surface area contributed by atoms with Crippen LogP contribution < -0.4 is 11.5 Å². The van der Waals surface area contributed by atoms with Gasteiger partial charge in [0.2, 0.25) is 0 Å². The van der Waals surface area contributed by atoms with Crippen molar-refractivity contribution >= 4 is 41.8 Å². The first-order valence-corrected chi connectivity index (χ1v) is 8.20. The molecule has 0 amide bonds. The van der Waals surface area contributed by atoms with Crippen LogP contribution in [0.5, 0.6) is 0 Å². The maximum atomic E-state index is 10.3. The van der Waals surface area contributed by atoms with Crippen LogP contribution in [0, 0.1) is 0 Å². The van der Waals surface area contributed by atoms with Gasteiger partial charge in [-0.3, -0.25) is 28.8 Å². The maximum Gasteiger partial charge on any atom is 0.336 e. The van der Waals surface area contributed by atoms with Gasteiger partial charge in [0.05, 0.1) is 12.8 Å². The number of aliphatic carboxylic acids is 7. The molecule has 196 valence electrons. The first-order valence-electron chi connectivity index (χ1n) is 8.20. The molecule has 0 saturated heterocycles. The van der Waals surface area contributed by atoms with E-state index in [0.29, 0.717) is 13.1 Å². The number of carbonyl (C=O) groups is 7. The molecule has 17 nitrogen and oxygen atoms in total. The summed E-state index contributed by atoms with van der Waals surface area (Å²) in [5, 5.41) is 63.5. The lowest BCUT2D eigenvalue weighted by atomic mass is 9.96. The Balaban J connectivity index is -0.0000000754. The van der Waals surface area contributed by atoms with Gasteiger partial charge in [-0.15, -0.1) is 0 Å². The summed E-state index contributed by atoms with van der Waals surface area (Å²) in [5.41, 5.74) is 7.07. The molecule has 0 atom stereocenters. The minimum Gasteiger partial charge on any atom is -0.481 e. The highest BCUT2D eigenvalue weighted by atomic mass is 16.4. The smallest absolute Gasteiger partial charge is 0.336 e. The Morgan fingerprint density at radius 2 is 0.697 bits per heavy atom. The second-order valence-corrected chi connectivity index (χ2v) is 5.13. The number of aliphatic hydroxyl groups is 1. The highest BCUT2D eigenvalue weighted by Gasteiger charge is 2.40. The number of hydrogen-bond acceptors (Lipinski definition) is 10. The lowest BCUT2D eigenvalue weighted by Crippen LogP contribution is -2.42. The molecule has 12 N–H and O–H groups in total. The molecule has 33 heavy (non-hydrogen) atoms. The lowest BCUT2D eigenvalue weighted by Gasteiger charge is -2.18. The van der Waals surface area contributed by atoms with Crippen LogP contribution in [0.25, 0.3) is 0 Å². The summed E-state index contributed by atoms with van der Waals surface area (Å²) in [4.78, 5) is 66.5. The van der Waals surface area contributed by atoms with Crippen LogP contribution in [0.2, 0.25) is 0 Å². The average molecular weight is 492 g/mol. The third-order valence-corrected chi connectivity index (χ3v) is 1.45. The summed E-state index contributed by atoms with van der Waals surface area (Å²) in [6.07, 6.45) is -2.29. The lowest BCUT2D eigenvalue weighted by molar-refractivity contribution is -0.170.